The number of hydrogen-bond donors (Lipinski definition) is 1. The molecule has 0 aromatic rings. The summed E-state index contributed by atoms with van der Waals surface area (Å²) < 4.78 is 0. The minimum absolute atomic E-state index is 0.638. The molecule has 1 aliphatic carbocycles. The molecule has 18 heavy (non-hydrogen) atoms. The maximum Gasteiger partial charge on any atom is 0.00964 e. The molecule has 1 rings (SSSR count). The lowest BCUT2D eigenvalue weighted by molar-refractivity contribution is 0.242. The van der Waals surface area contributed by atoms with Crippen molar-refractivity contribution in [1.82, 2.24) is 10.2 Å². The highest BCUT2D eigenvalue weighted by molar-refractivity contribution is 4.84. The van der Waals surface area contributed by atoms with Gasteiger partial charge in [-0.1, -0.05) is 34.1 Å². The number of unbranched alkanes of at least 4 members (excludes halogenated alkanes) is 2. The lowest BCUT2D eigenvalue weighted by atomic mass is 10.1. The molecule has 1 aliphatic rings. The molecular weight excluding hydrogens is 220 g/mol. The molecule has 1 saturated carbocycles. The third kappa shape index (κ3) is 8.10. The molecule has 1 N–H and O–H groups in total. The molecule has 0 unspecified atom stereocenters. The monoisotopic (exact) mass is 254 g/mol. The zero-order valence-corrected chi connectivity index (χ0v) is 13.0. The normalized spacial score (nSPS) is 16.2. The molecule has 0 radical (unpaired) electrons. The molecule has 0 atom stereocenters. The van der Waals surface area contributed by atoms with Gasteiger partial charge in [-0.25, -0.2) is 0 Å². The highest BCUT2D eigenvalue weighted by atomic mass is 15.2. The summed E-state index contributed by atoms with van der Waals surface area (Å²) in [4.78, 5) is 2.75. The van der Waals surface area contributed by atoms with Crippen molar-refractivity contribution < 1.29 is 0 Å². The van der Waals surface area contributed by atoms with Crippen LogP contribution in [-0.2, 0) is 0 Å². The maximum atomic E-state index is 3.50. The topological polar surface area (TPSA) is 15.3 Å². The first-order valence-corrected chi connectivity index (χ1v) is 8.07. The van der Waals surface area contributed by atoms with E-state index >= 15 is 0 Å². The molecular formula is C16H34N2. The Bertz CT molecular complexity index is 197. The van der Waals surface area contributed by atoms with Crippen molar-refractivity contribution >= 4 is 0 Å². The van der Waals surface area contributed by atoms with Gasteiger partial charge in [0.05, 0.1) is 0 Å². The van der Waals surface area contributed by atoms with Crippen LogP contribution in [0.4, 0.5) is 0 Å². The summed E-state index contributed by atoms with van der Waals surface area (Å²) in [7, 11) is 0. The summed E-state index contributed by atoms with van der Waals surface area (Å²) in [6.07, 6.45) is 8.37. The average Bonchev–Trinajstić information content (AvgIpc) is 3.10. The average molecular weight is 254 g/mol. The molecule has 1 fully saturated rings. The van der Waals surface area contributed by atoms with Crippen LogP contribution in [0.5, 0.6) is 0 Å². The van der Waals surface area contributed by atoms with Crippen molar-refractivity contribution in [3.05, 3.63) is 0 Å². The molecule has 0 aromatic carbocycles. The lowest BCUT2D eigenvalue weighted by Gasteiger charge is -2.22. The fourth-order valence-corrected chi connectivity index (χ4v) is 2.35. The number of nitrogens with one attached hydrogen (secondary N) is 1. The van der Waals surface area contributed by atoms with Gasteiger partial charge in [0.1, 0.15) is 0 Å². The van der Waals surface area contributed by atoms with E-state index in [9.17, 15) is 0 Å². The van der Waals surface area contributed by atoms with E-state index in [1.165, 1.54) is 58.2 Å². The predicted molar refractivity (Wildman–Crippen MR) is 81.0 cm³/mol. The Balaban J connectivity index is 2.00. The zero-order chi connectivity index (χ0) is 13.4. The molecule has 0 bridgehead atoms. The van der Waals surface area contributed by atoms with Crippen molar-refractivity contribution in [2.75, 3.05) is 19.6 Å². The van der Waals surface area contributed by atoms with E-state index in [2.05, 4.69) is 37.9 Å². The molecule has 0 saturated heterocycles. The number of hydrogen-bond acceptors (Lipinski definition) is 2. The summed E-state index contributed by atoms with van der Waals surface area (Å²) in [5, 5.41) is 3.50. The van der Waals surface area contributed by atoms with Gasteiger partial charge in [-0.05, 0) is 57.7 Å². The van der Waals surface area contributed by atoms with Gasteiger partial charge in [-0.3, -0.25) is 0 Å². The Morgan fingerprint density at radius 3 is 2.28 bits per heavy atom. The van der Waals surface area contributed by atoms with Crippen molar-refractivity contribution in [2.24, 2.45) is 5.92 Å². The van der Waals surface area contributed by atoms with E-state index in [0.717, 1.165) is 12.0 Å². The van der Waals surface area contributed by atoms with Crippen LogP contribution in [0.25, 0.3) is 0 Å². The quantitative estimate of drug-likeness (QED) is 0.566. The van der Waals surface area contributed by atoms with Crippen LogP contribution in [0.1, 0.15) is 66.2 Å². The first kappa shape index (κ1) is 16.0. The van der Waals surface area contributed by atoms with Gasteiger partial charge in [0.15, 0.2) is 0 Å². The van der Waals surface area contributed by atoms with Crippen molar-refractivity contribution in [2.45, 2.75) is 78.3 Å². The van der Waals surface area contributed by atoms with Crippen molar-refractivity contribution in [1.29, 1.82) is 0 Å². The maximum absolute atomic E-state index is 3.50. The van der Waals surface area contributed by atoms with Crippen LogP contribution in [0.2, 0.25) is 0 Å². The lowest BCUT2D eigenvalue weighted by Crippen LogP contribution is -2.29. The first-order chi connectivity index (χ1) is 8.59. The summed E-state index contributed by atoms with van der Waals surface area (Å²) in [6, 6.07) is 1.58. The molecule has 2 nitrogen and oxygen atoms in total. The third-order valence-corrected chi connectivity index (χ3v) is 3.73. The van der Waals surface area contributed by atoms with Gasteiger partial charge >= 0.3 is 0 Å². The second-order valence-corrected chi connectivity index (χ2v) is 6.62. The van der Waals surface area contributed by atoms with Gasteiger partial charge in [-0.2, -0.15) is 0 Å². The van der Waals surface area contributed by atoms with E-state index in [1.807, 2.05) is 0 Å². The predicted octanol–water partition coefficient (Wildman–Crippen LogP) is 3.67. The van der Waals surface area contributed by atoms with E-state index < -0.39 is 0 Å². The van der Waals surface area contributed by atoms with Gasteiger partial charge < -0.3 is 10.2 Å². The van der Waals surface area contributed by atoms with Crippen LogP contribution in [-0.4, -0.2) is 36.6 Å². The fraction of sp³-hybridized carbons (Fsp3) is 1.00. The summed E-state index contributed by atoms with van der Waals surface area (Å²) >= 11 is 0. The van der Waals surface area contributed by atoms with Crippen LogP contribution < -0.4 is 5.32 Å². The Morgan fingerprint density at radius 1 is 1.00 bits per heavy atom. The van der Waals surface area contributed by atoms with E-state index in [0.29, 0.717) is 6.04 Å². The van der Waals surface area contributed by atoms with Crippen LogP contribution in [0.15, 0.2) is 0 Å². The van der Waals surface area contributed by atoms with Gasteiger partial charge in [0.2, 0.25) is 0 Å². The Hall–Kier alpha value is -0.0800. The Morgan fingerprint density at radius 2 is 1.72 bits per heavy atom. The number of rotatable bonds is 11. The van der Waals surface area contributed by atoms with Gasteiger partial charge in [0, 0.05) is 12.1 Å². The molecule has 2 heteroatoms. The number of nitrogens with zero attached hydrogens (tertiary/aromatic N) is 1. The highest BCUT2D eigenvalue weighted by Gasteiger charge is 2.27. The summed E-state index contributed by atoms with van der Waals surface area (Å²) in [5.41, 5.74) is 0. The molecule has 0 aromatic heterocycles. The molecule has 0 spiro atoms. The minimum Gasteiger partial charge on any atom is -0.315 e. The minimum atomic E-state index is 0.638. The third-order valence-electron chi connectivity index (χ3n) is 3.73. The largest absolute Gasteiger partial charge is 0.315 e. The van der Waals surface area contributed by atoms with Gasteiger partial charge in [0.25, 0.3) is 0 Å². The second kappa shape index (κ2) is 8.92. The molecule has 0 amide bonds. The summed E-state index contributed by atoms with van der Waals surface area (Å²) in [5.74, 6) is 0.849. The second-order valence-electron chi connectivity index (χ2n) is 6.62. The van der Waals surface area contributed by atoms with Crippen molar-refractivity contribution in [3.63, 3.8) is 0 Å². The SMILES string of the molecule is CC(C)CCN(CCCCCNC(C)C)C1CC1. The van der Waals surface area contributed by atoms with Crippen LogP contribution >= 0.6 is 0 Å². The Labute approximate surface area is 115 Å². The molecule has 108 valence electrons. The summed E-state index contributed by atoms with van der Waals surface area (Å²) in [6.45, 7) is 13.0. The highest BCUT2D eigenvalue weighted by Crippen LogP contribution is 2.27. The van der Waals surface area contributed by atoms with E-state index in [-0.39, 0.29) is 0 Å². The van der Waals surface area contributed by atoms with Crippen molar-refractivity contribution in [3.8, 4) is 0 Å². The first-order valence-electron chi connectivity index (χ1n) is 8.07. The Kier molecular flexibility index (Phi) is 7.92. The molecule has 0 heterocycles. The standard InChI is InChI=1S/C16H34N2/c1-14(2)10-13-18(16-8-9-16)12-7-5-6-11-17-15(3)4/h14-17H,5-13H2,1-4H3. The van der Waals surface area contributed by atoms with E-state index in [1.54, 1.807) is 0 Å². The van der Waals surface area contributed by atoms with Crippen LogP contribution in [0.3, 0.4) is 0 Å². The zero-order valence-electron chi connectivity index (χ0n) is 13.0. The fourth-order valence-electron chi connectivity index (χ4n) is 2.35. The molecule has 0 aliphatic heterocycles. The van der Waals surface area contributed by atoms with E-state index in [4.69, 9.17) is 0 Å². The van der Waals surface area contributed by atoms with Gasteiger partial charge in [-0.15, -0.1) is 0 Å². The smallest absolute Gasteiger partial charge is 0.00964 e. The van der Waals surface area contributed by atoms with Crippen LogP contribution in [0, 0.1) is 5.92 Å².